The standard InChI is InChI=1S/C24H21N5O2S/c1-2-30-21-9-5-20(6-10-21)29-23(19-11-13-26-14-12-19)27-28-24(29)32-16-15-31-22-7-3-18(17-25)4-8-22/h3-14H,2,15-16H2,1H3. The van der Waals surface area contributed by atoms with Crippen molar-refractivity contribution in [3.05, 3.63) is 78.6 Å². The highest BCUT2D eigenvalue weighted by Crippen LogP contribution is 2.28. The lowest BCUT2D eigenvalue weighted by Gasteiger charge is -2.12. The minimum Gasteiger partial charge on any atom is -0.494 e. The molecule has 0 saturated heterocycles. The van der Waals surface area contributed by atoms with E-state index in [9.17, 15) is 0 Å². The summed E-state index contributed by atoms with van der Waals surface area (Å²) in [6.45, 7) is 3.08. The van der Waals surface area contributed by atoms with Crippen LogP contribution in [0.1, 0.15) is 12.5 Å². The van der Waals surface area contributed by atoms with Gasteiger partial charge in [-0.1, -0.05) is 11.8 Å². The molecule has 160 valence electrons. The second kappa shape index (κ2) is 10.5. The highest BCUT2D eigenvalue weighted by Gasteiger charge is 2.16. The molecule has 0 aliphatic heterocycles. The molecule has 2 aromatic carbocycles. The quantitative estimate of drug-likeness (QED) is 0.272. The minimum absolute atomic E-state index is 0.497. The van der Waals surface area contributed by atoms with E-state index in [2.05, 4.69) is 21.3 Å². The van der Waals surface area contributed by atoms with E-state index in [1.807, 2.05) is 47.9 Å². The Morgan fingerprint density at radius 3 is 2.28 bits per heavy atom. The Bertz CT molecular complexity index is 1190. The van der Waals surface area contributed by atoms with Crippen molar-refractivity contribution in [1.29, 1.82) is 5.26 Å². The smallest absolute Gasteiger partial charge is 0.196 e. The van der Waals surface area contributed by atoms with Crippen LogP contribution in [0.25, 0.3) is 17.1 Å². The molecule has 0 fully saturated rings. The van der Waals surface area contributed by atoms with E-state index in [0.29, 0.717) is 24.5 Å². The Morgan fingerprint density at radius 1 is 0.906 bits per heavy atom. The first-order chi connectivity index (χ1) is 15.8. The molecule has 2 heterocycles. The average molecular weight is 444 g/mol. The van der Waals surface area contributed by atoms with Gasteiger partial charge in [-0.25, -0.2) is 0 Å². The maximum absolute atomic E-state index is 8.90. The molecular weight excluding hydrogens is 422 g/mol. The first kappa shape index (κ1) is 21.4. The maximum Gasteiger partial charge on any atom is 0.196 e. The van der Waals surface area contributed by atoms with Crippen LogP contribution in [-0.2, 0) is 0 Å². The monoisotopic (exact) mass is 443 g/mol. The highest BCUT2D eigenvalue weighted by atomic mass is 32.2. The number of nitrogens with zero attached hydrogens (tertiary/aromatic N) is 5. The van der Waals surface area contributed by atoms with Crippen LogP contribution < -0.4 is 9.47 Å². The van der Waals surface area contributed by atoms with Crippen molar-refractivity contribution in [2.45, 2.75) is 12.1 Å². The fourth-order valence-electron chi connectivity index (χ4n) is 3.06. The van der Waals surface area contributed by atoms with Crippen LogP contribution in [0.4, 0.5) is 0 Å². The van der Waals surface area contributed by atoms with E-state index in [1.165, 1.54) is 0 Å². The molecule has 0 radical (unpaired) electrons. The van der Waals surface area contributed by atoms with Gasteiger partial charge in [0.2, 0.25) is 0 Å². The highest BCUT2D eigenvalue weighted by molar-refractivity contribution is 7.99. The molecule has 4 rings (SSSR count). The van der Waals surface area contributed by atoms with Gasteiger partial charge in [-0.2, -0.15) is 5.26 Å². The van der Waals surface area contributed by atoms with Gasteiger partial charge in [0.1, 0.15) is 11.5 Å². The summed E-state index contributed by atoms with van der Waals surface area (Å²) >= 11 is 1.56. The SMILES string of the molecule is CCOc1ccc(-n2c(SCCOc3ccc(C#N)cc3)nnc2-c2ccncc2)cc1. The summed E-state index contributed by atoms with van der Waals surface area (Å²) in [7, 11) is 0. The zero-order valence-corrected chi connectivity index (χ0v) is 18.3. The molecule has 0 bridgehead atoms. The first-order valence-electron chi connectivity index (χ1n) is 10.1. The minimum atomic E-state index is 0.497. The van der Waals surface area contributed by atoms with Gasteiger partial charge >= 0.3 is 0 Å². The molecule has 0 amide bonds. The largest absolute Gasteiger partial charge is 0.494 e. The molecule has 2 aromatic heterocycles. The molecule has 0 saturated carbocycles. The van der Waals surface area contributed by atoms with Crippen molar-refractivity contribution in [3.8, 4) is 34.6 Å². The number of aromatic nitrogens is 4. The normalized spacial score (nSPS) is 10.5. The maximum atomic E-state index is 8.90. The Labute approximate surface area is 190 Å². The lowest BCUT2D eigenvalue weighted by molar-refractivity contribution is 0.340. The average Bonchev–Trinajstić information content (AvgIpc) is 3.27. The fraction of sp³-hybridized carbons (Fsp3) is 0.167. The summed E-state index contributed by atoms with van der Waals surface area (Å²) in [5, 5.41) is 18.5. The molecule has 0 spiro atoms. The van der Waals surface area contributed by atoms with Crippen LogP contribution in [0.2, 0.25) is 0 Å². The van der Waals surface area contributed by atoms with Crippen molar-refractivity contribution < 1.29 is 9.47 Å². The zero-order chi connectivity index (χ0) is 22.2. The molecule has 0 aliphatic rings. The van der Waals surface area contributed by atoms with E-state index in [4.69, 9.17) is 14.7 Å². The van der Waals surface area contributed by atoms with Crippen LogP contribution in [0.15, 0.2) is 78.2 Å². The van der Waals surface area contributed by atoms with E-state index in [1.54, 1.807) is 48.4 Å². The van der Waals surface area contributed by atoms with Crippen molar-refractivity contribution >= 4 is 11.8 Å². The lowest BCUT2D eigenvalue weighted by atomic mass is 10.2. The van der Waals surface area contributed by atoms with E-state index in [0.717, 1.165) is 33.7 Å². The van der Waals surface area contributed by atoms with Crippen molar-refractivity contribution in [1.82, 2.24) is 19.7 Å². The molecule has 8 heteroatoms. The Hall–Kier alpha value is -3.83. The van der Waals surface area contributed by atoms with Crippen molar-refractivity contribution in [2.75, 3.05) is 19.0 Å². The molecule has 7 nitrogen and oxygen atoms in total. The summed E-state index contributed by atoms with van der Waals surface area (Å²) in [4.78, 5) is 4.10. The van der Waals surface area contributed by atoms with Gasteiger partial charge in [-0.05, 0) is 67.6 Å². The van der Waals surface area contributed by atoms with Crippen LogP contribution in [0.5, 0.6) is 11.5 Å². The van der Waals surface area contributed by atoms with Crippen LogP contribution in [0, 0.1) is 11.3 Å². The van der Waals surface area contributed by atoms with Crippen molar-refractivity contribution in [2.24, 2.45) is 0 Å². The summed E-state index contributed by atoms with van der Waals surface area (Å²) < 4.78 is 13.4. The van der Waals surface area contributed by atoms with Gasteiger partial charge < -0.3 is 9.47 Å². The Balaban J connectivity index is 1.52. The Morgan fingerprint density at radius 2 is 1.59 bits per heavy atom. The third kappa shape index (κ3) is 5.07. The number of ether oxygens (including phenoxy) is 2. The second-order valence-corrected chi connectivity index (χ2v) is 7.70. The predicted molar refractivity (Wildman–Crippen MR) is 123 cm³/mol. The third-order valence-corrected chi connectivity index (χ3v) is 5.44. The molecule has 4 aromatic rings. The van der Waals surface area contributed by atoms with Gasteiger partial charge in [0.25, 0.3) is 0 Å². The summed E-state index contributed by atoms with van der Waals surface area (Å²) in [5.41, 5.74) is 2.49. The Kier molecular flexibility index (Phi) is 7.00. The van der Waals surface area contributed by atoms with Gasteiger partial charge in [0, 0.05) is 29.4 Å². The third-order valence-electron chi connectivity index (χ3n) is 4.54. The number of hydrogen-bond donors (Lipinski definition) is 0. The number of benzene rings is 2. The lowest BCUT2D eigenvalue weighted by Crippen LogP contribution is -2.03. The second-order valence-electron chi connectivity index (χ2n) is 6.64. The van der Waals surface area contributed by atoms with E-state index < -0.39 is 0 Å². The van der Waals surface area contributed by atoms with Gasteiger partial charge in [0.15, 0.2) is 11.0 Å². The van der Waals surface area contributed by atoms with Crippen molar-refractivity contribution in [3.63, 3.8) is 0 Å². The van der Waals surface area contributed by atoms with E-state index >= 15 is 0 Å². The van der Waals surface area contributed by atoms with Crippen LogP contribution in [0.3, 0.4) is 0 Å². The molecular formula is C24H21N5O2S. The molecule has 32 heavy (non-hydrogen) atoms. The zero-order valence-electron chi connectivity index (χ0n) is 17.5. The fourth-order valence-corrected chi connectivity index (χ4v) is 3.83. The summed E-state index contributed by atoms with van der Waals surface area (Å²) in [6.07, 6.45) is 3.48. The summed E-state index contributed by atoms with van der Waals surface area (Å²) in [6, 6.07) is 20.9. The number of pyridine rings is 1. The predicted octanol–water partition coefficient (Wildman–Crippen LogP) is 4.77. The number of hydrogen-bond acceptors (Lipinski definition) is 7. The number of rotatable bonds is 9. The molecule has 0 aliphatic carbocycles. The van der Waals surface area contributed by atoms with Gasteiger partial charge in [-0.3, -0.25) is 9.55 Å². The van der Waals surface area contributed by atoms with Gasteiger partial charge in [-0.15, -0.1) is 10.2 Å². The van der Waals surface area contributed by atoms with Crippen LogP contribution in [-0.4, -0.2) is 38.7 Å². The topological polar surface area (TPSA) is 85.9 Å². The number of nitriles is 1. The molecule has 0 N–H and O–H groups in total. The number of thioether (sulfide) groups is 1. The first-order valence-corrected chi connectivity index (χ1v) is 11.1. The molecule has 0 unspecified atom stereocenters. The van der Waals surface area contributed by atoms with E-state index in [-0.39, 0.29) is 0 Å². The van der Waals surface area contributed by atoms with Gasteiger partial charge in [0.05, 0.1) is 24.8 Å². The molecule has 0 atom stereocenters. The van der Waals surface area contributed by atoms with Crippen LogP contribution >= 0.6 is 11.8 Å². The summed E-state index contributed by atoms with van der Waals surface area (Å²) in [5.74, 6) is 2.98.